The molecule has 0 bridgehead atoms. The van der Waals surface area contributed by atoms with Crippen LogP contribution >= 0.6 is 11.8 Å². The minimum absolute atomic E-state index is 0.209. The Balaban J connectivity index is 1.75. The van der Waals surface area contributed by atoms with Gasteiger partial charge in [-0.25, -0.2) is 15.4 Å². The van der Waals surface area contributed by atoms with Crippen molar-refractivity contribution < 1.29 is 9.53 Å². The van der Waals surface area contributed by atoms with Crippen LogP contribution in [0.4, 0.5) is 0 Å². The zero-order valence-electron chi connectivity index (χ0n) is 12.1. The lowest BCUT2D eigenvalue weighted by Gasteiger charge is -2.02. The smallest absolute Gasteiger partial charge is 0.250 e. The topological polar surface area (TPSA) is 76.5 Å². The van der Waals surface area contributed by atoms with Crippen LogP contribution in [0.5, 0.6) is 5.75 Å². The van der Waals surface area contributed by atoms with Crippen molar-refractivity contribution in [3.05, 3.63) is 48.3 Å². The molecule has 0 aliphatic rings. The van der Waals surface area contributed by atoms with Crippen LogP contribution in [-0.2, 0) is 4.79 Å². The van der Waals surface area contributed by atoms with E-state index in [1.165, 1.54) is 11.8 Å². The second kappa shape index (κ2) is 8.78. The fourth-order valence-corrected chi connectivity index (χ4v) is 2.11. The van der Waals surface area contributed by atoms with Crippen LogP contribution in [0, 0.1) is 0 Å². The third kappa shape index (κ3) is 5.53. The fraction of sp³-hybridized carbons (Fsp3) is 0.200. The fourth-order valence-electron chi connectivity index (χ4n) is 1.52. The monoisotopic (exact) mass is 316 g/mol. The van der Waals surface area contributed by atoms with Gasteiger partial charge in [0.1, 0.15) is 5.75 Å². The molecule has 1 aromatic heterocycles. The zero-order chi connectivity index (χ0) is 15.6. The van der Waals surface area contributed by atoms with Gasteiger partial charge in [0.15, 0.2) is 5.16 Å². The summed E-state index contributed by atoms with van der Waals surface area (Å²) in [5.41, 5.74) is 3.34. The van der Waals surface area contributed by atoms with Crippen LogP contribution in [0.25, 0.3) is 0 Å². The lowest BCUT2D eigenvalue weighted by Crippen LogP contribution is -2.19. The molecule has 6 nitrogen and oxygen atoms in total. The second-order valence-electron chi connectivity index (χ2n) is 4.12. The number of hydrogen-bond donors (Lipinski definition) is 1. The quantitative estimate of drug-likeness (QED) is 0.366. The molecule has 0 saturated carbocycles. The molecule has 0 saturated heterocycles. The molecule has 114 valence electrons. The highest BCUT2D eigenvalue weighted by Gasteiger charge is 2.02. The van der Waals surface area contributed by atoms with Crippen molar-refractivity contribution in [2.45, 2.75) is 12.1 Å². The molecule has 0 aliphatic carbocycles. The predicted octanol–water partition coefficient (Wildman–Crippen LogP) is 2.12. The van der Waals surface area contributed by atoms with E-state index in [1.54, 1.807) is 24.7 Å². The number of aromatic nitrogens is 2. The molecule has 0 atom stereocenters. The summed E-state index contributed by atoms with van der Waals surface area (Å²) >= 11 is 1.26. The average Bonchev–Trinajstić information content (AvgIpc) is 2.56. The Kier molecular flexibility index (Phi) is 6.38. The van der Waals surface area contributed by atoms with Gasteiger partial charge in [0.2, 0.25) is 0 Å². The van der Waals surface area contributed by atoms with Crippen LogP contribution in [-0.4, -0.2) is 34.4 Å². The van der Waals surface area contributed by atoms with Gasteiger partial charge in [-0.15, -0.1) is 0 Å². The lowest BCUT2D eigenvalue weighted by atomic mass is 10.2. The number of hydrogen-bond acceptors (Lipinski definition) is 6. The van der Waals surface area contributed by atoms with Crippen molar-refractivity contribution >= 4 is 23.9 Å². The molecular weight excluding hydrogens is 300 g/mol. The van der Waals surface area contributed by atoms with Crippen LogP contribution < -0.4 is 10.2 Å². The van der Waals surface area contributed by atoms with Gasteiger partial charge in [-0.2, -0.15) is 5.10 Å². The molecule has 1 amide bonds. The first kappa shape index (κ1) is 16.0. The van der Waals surface area contributed by atoms with Gasteiger partial charge < -0.3 is 4.74 Å². The van der Waals surface area contributed by atoms with E-state index in [9.17, 15) is 4.79 Å². The average molecular weight is 316 g/mol. The van der Waals surface area contributed by atoms with Crippen molar-refractivity contribution in [2.75, 3.05) is 12.4 Å². The molecule has 22 heavy (non-hydrogen) atoms. The van der Waals surface area contributed by atoms with Gasteiger partial charge in [0.05, 0.1) is 18.6 Å². The van der Waals surface area contributed by atoms with E-state index < -0.39 is 0 Å². The molecule has 0 fully saturated rings. The lowest BCUT2D eigenvalue weighted by molar-refractivity contribution is -0.118. The summed E-state index contributed by atoms with van der Waals surface area (Å²) in [6.45, 7) is 2.57. The summed E-state index contributed by atoms with van der Waals surface area (Å²) in [7, 11) is 0. The van der Waals surface area contributed by atoms with Gasteiger partial charge in [-0.1, -0.05) is 11.8 Å². The van der Waals surface area contributed by atoms with E-state index in [1.807, 2.05) is 31.2 Å². The summed E-state index contributed by atoms with van der Waals surface area (Å²) in [5, 5.41) is 4.47. The Bertz CT molecular complexity index is 617. The van der Waals surface area contributed by atoms with E-state index in [2.05, 4.69) is 20.5 Å². The van der Waals surface area contributed by atoms with Crippen LogP contribution in [0.3, 0.4) is 0 Å². The van der Waals surface area contributed by atoms with E-state index in [4.69, 9.17) is 4.74 Å². The number of carbonyl (C=O) groups is 1. The van der Waals surface area contributed by atoms with Gasteiger partial charge in [-0.05, 0) is 42.8 Å². The van der Waals surface area contributed by atoms with Gasteiger partial charge >= 0.3 is 0 Å². The first-order chi connectivity index (χ1) is 10.8. The second-order valence-corrected chi connectivity index (χ2v) is 5.06. The van der Waals surface area contributed by atoms with Crippen LogP contribution in [0.1, 0.15) is 12.5 Å². The number of nitrogens with zero attached hydrogens (tertiary/aromatic N) is 3. The van der Waals surface area contributed by atoms with E-state index in [0.29, 0.717) is 11.8 Å². The van der Waals surface area contributed by atoms with Crippen molar-refractivity contribution in [3.8, 4) is 5.75 Å². The first-order valence-corrected chi connectivity index (χ1v) is 7.71. The Morgan fingerprint density at radius 1 is 1.32 bits per heavy atom. The maximum absolute atomic E-state index is 11.6. The third-order valence-corrected chi connectivity index (χ3v) is 3.34. The number of nitrogens with one attached hydrogen (secondary N) is 1. The largest absolute Gasteiger partial charge is 0.494 e. The summed E-state index contributed by atoms with van der Waals surface area (Å²) < 4.78 is 5.35. The number of thioether (sulfide) groups is 1. The minimum atomic E-state index is -0.209. The molecule has 1 N–H and O–H groups in total. The van der Waals surface area contributed by atoms with E-state index in [-0.39, 0.29) is 11.7 Å². The highest BCUT2D eigenvalue weighted by Crippen LogP contribution is 2.11. The molecule has 2 rings (SSSR count). The van der Waals surface area contributed by atoms with Crippen molar-refractivity contribution in [1.29, 1.82) is 0 Å². The Morgan fingerprint density at radius 2 is 2.05 bits per heavy atom. The maximum atomic E-state index is 11.6. The number of carbonyl (C=O) groups excluding carboxylic acids is 1. The predicted molar refractivity (Wildman–Crippen MR) is 86.1 cm³/mol. The maximum Gasteiger partial charge on any atom is 0.250 e. The van der Waals surface area contributed by atoms with Crippen LogP contribution in [0.2, 0.25) is 0 Å². The molecule has 2 aromatic rings. The molecule has 0 spiro atoms. The highest BCUT2D eigenvalue weighted by molar-refractivity contribution is 7.99. The number of benzene rings is 1. The molecule has 1 aromatic carbocycles. The number of rotatable bonds is 7. The summed E-state index contributed by atoms with van der Waals surface area (Å²) in [6, 6.07) is 9.18. The van der Waals surface area contributed by atoms with E-state index in [0.717, 1.165) is 11.3 Å². The van der Waals surface area contributed by atoms with Crippen molar-refractivity contribution in [2.24, 2.45) is 5.10 Å². The Hall–Kier alpha value is -2.41. The SMILES string of the molecule is CCOc1ccc(/C=N\NC(=O)CSc2ncccn2)cc1. The number of amides is 1. The van der Waals surface area contributed by atoms with Gasteiger partial charge in [-0.3, -0.25) is 4.79 Å². The van der Waals surface area contributed by atoms with Gasteiger partial charge in [0, 0.05) is 12.4 Å². The molecule has 0 aliphatic heterocycles. The van der Waals surface area contributed by atoms with Crippen LogP contribution in [0.15, 0.2) is 53.0 Å². The molecule has 0 unspecified atom stereocenters. The highest BCUT2D eigenvalue weighted by atomic mass is 32.2. The summed E-state index contributed by atoms with van der Waals surface area (Å²) in [5.74, 6) is 0.813. The first-order valence-electron chi connectivity index (χ1n) is 6.72. The minimum Gasteiger partial charge on any atom is -0.494 e. The zero-order valence-corrected chi connectivity index (χ0v) is 12.9. The molecular formula is C15H16N4O2S. The third-order valence-electron chi connectivity index (χ3n) is 2.47. The summed E-state index contributed by atoms with van der Waals surface area (Å²) in [6.07, 6.45) is 4.85. The molecule has 0 radical (unpaired) electrons. The number of hydrazone groups is 1. The Labute approximate surface area is 133 Å². The van der Waals surface area contributed by atoms with Gasteiger partial charge in [0.25, 0.3) is 5.91 Å². The van der Waals surface area contributed by atoms with Crippen molar-refractivity contribution in [1.82, 2.24) is 15.4 Å². The van der Waals surface area contributed by atoms with Crippen molar-refractivity contribution in [3.63, 3.8) is 0 Å². The van der Waals surface area contributed by atoms with E-state index >= 15 is 0 Å². The standard InChI is InChI=1S/C15H16N4O2S/c1-2-21-13-6-4-12(5-7-13)10-18-19-14(20)11-22-15-16-8-3-9-17-15/h3-10H,2,11H2,1H3,(H,19,20)/b18-10-. The number of ether oxygens (including phenoxy) is 1. The Morgan fingerprint density at radius 3 is 2.73 bits per heavy atom. The normalized spacial score (nSPS) is 10.6. The molecule has 1 heterocycles. The molecule has 7 heteroatoms. The summed E-state index contributed by atoms with van der Waals surface area (Å²) in [4.78, 5) is 19.7.